The second kappa shape index (κ2) is 4.84. The molecule has 3 rings (SSSR count). The van der Waals surface area contributed by atoms with Gasteiger partial charge in [-0.05, 0) is 12.1 Å². The summed E-state index contributed by atoms with van der Waals surface area (Å²) in [5.74, 6) is 1.03. The van der Waals surface area contributed by atoms with Gasteiger partial charge >= 0.3 is 0 Å². The molecule has 98 valence electrons. The fourth-order valence-corrected chi connectivity index (χ4v) is 2.35. The molecule has 5 heteroatoms. The molecule has 1 aromatic heterocycles. The fourth-order valence-electron chi connectivity index (χ4n) is 2.35. The molecule has 1 aliphatic heterocycles. The first-order valence-electron chi connectivity index (χ1n) is 6.46. The zero-order chi connectivity index (χ0) is 13.2. The maximum atomic E-state index is 11.3. The monoisotopic (exact) mass is 256 g/mol. The Morgan fingerprint density at radius 1 is 1.11 bits per heavy atom. The maximum Gasteiger partial charge on any atom is 0.219 e. The maximum absolute atomic E-state index is 11.3. The lowest BCUT2D eigenvalue weighted by molar-refractivity contribution is -0.129. The molecule has 19 heavy (non-hydrogen) atoms. The number of anilines is 1. The number of benzene rings is 1. The minimum absolute atomic E-state index is 0.143. The van der Waals surface area contributed by atoms with Crippen LogP contribution in [-0.2, 0) is 4.79 Å². The Labute approximate surface area is 111 Å². The first-order chi connectivity index (χ1) is 9.24. The lowest BCUT2D eigenvalue weighted by Gasteiger charge is -2.34. The second-order valence-electron chi connectivity index (χ2n) is 4.71. The van der Waals surface area contributed by atoms with Gasteiger partial charge in [0.15, 0.2) is 0 Å². The van der Waals surface area contributed by atoms with Crippen LogP contribution in [-0.4, -0.2) is 47.0 Å². The Balaban J connectivity index is 1.80. The summed E-state index contributed by atoms with van der Waals surface area (Å²) in [7, 11) is 0. The molecule has 2 aromatic rings. The van der Waals surface area contributed by atoms with Gasteiger partial charge in [-0.1, -0.05) is 12.1 Å². The number of para-hydroxylation sites is 2. The highest BCUT2D eigenvalue weighted by atomic mass is 16.2. The smallest absolute Gasteiger partial charge is 0.219 e. The van der Waals surface area contributed by atoms with Crippen molar-refractivity contribution in [2.45, 2.75) is 6.92 Å². The Kier molecular flexibility index (Phi) is 3.03. The van der Waals surface area contributed by atoms with Gasteiger partial charge in [-0.15, -0.1) is 0 Å². The van der Waals surface area contributed by atoms with Gasteiger partial charge < -0.3 is 9.80 Å². The average molecular weight is 256 g/mol. The van der Waals surface area contributed by atoms with Crippen LogP contribution in [0, 0.1) is 0 Å². The van der Waals surface area contributed by atoms with E-state index in [-0.39, 0.29) is 5.91 Å². The van der Waals surface area contributed by atoms with E-state index in [1.165, 1.54) is 0 Å². The molecule has 1 aromatic carbocycles. The number of aromatic nitrogens is 2. The molecular formula is C14H16N4O. The first-order valence-corrected chi connectivity index (χ1v) is 6.46. The summed E-state index contributed by atoms with van der Waals surface area (Å²) in [5.41, 5.74) is 1.82. The van der Waals surface area contributed by atoms with Gasteiger partial charge in [-0.25, -0.2) is 4.98 Å². The zero-order valence-corrected chi connectivity index (χ0v) is 10.9. The largest absolute Gasteiger partial charge is 0.352 e. The second-order valence-corrected chi connectivity index (χ2v) is 4.71. The topological polar surface area (TPSA) is 49.3 Å². The van der Waals surface area contributed by atoms with E-state index in [9.17, 15) is 4.79 Å². The minimum Gasteiger partial charge on any atom is -0.352 e. The van der Waals surface area contributed by atoms with Gasteiger partial charge in [0.2, 0.25) is 5.91 Å². The van der Waals surface area contributed by atoms with E-state index in [1.54, 1.807) is 6.92 Å². The SMILES string of the molecule is CC(=O)N1CCN(c2cnc3ccccc3n2)CC1. The fraction of sp³-hybridized carbons (Fsp3) is 0.357. The van der Waals surface area contributed by atoms with Crippen molar-refractivity contribution < 1.29 is 4.79 Å². The van der Waals surface area contributed by atoms with E-state index in [1.807, 2.05) is 35.4 Å². The number of hydrogen-bond donors (Lipinski definition) is 0. The van der Waals surface area contributed by atoms with Crippen LogP contribution in [0.1, 0.15) is 6.92 Å². The Morgan fingerprint density at radius 2 is 1.79 bits per heavy atom. The van der Waals surface area contributed by atoms with Crippen molar-refractivity contribution in [3.63, 3.8) is 0 Å². The molecule has 1 saturated heterocycles. The summed E-state index contributed by atoms with van der Waals surface area (Å²) in [6, 6.07) is 7.86. The van der Waals surface area contributed by atoms with E-state index >= 15 is 0 Å². The van der Waals surface area contributed by atoms with Gasteiger partial charge in [0.25, 0.3) is 0 Å². The summed E-state index contributed by atoms with van der Waals surface area (Å²) in [6.07, 6.45) is 1.81. The van der Waals surface area contributed by atoms with Gasteiger partial charge in [0.05, 0.1) is 17.2 Å². The van der Waals surface area contributed by atoms with E-state index in [0.717, 1.165) is 43.0 Å². The van der Waals surface area contributed by atoms with Crippen LogP contribution in [0.2, 0.25) is 0 Å². The zero-order valence-electron chi connectivity index (χ0n) is 10.9. The Morgan fingerprint density at radius 3 is 2.47 bits per heavy atom. The lowest BCUT2D eigenvalue weighted by atomic mass is 10.3. The molecule has 2 heterocycles. The number of carbonyl (C=O) groups excluding carboxylic acids is 1. The third-order valence-electron chi connectivity index (χ3n) is 3.48. The Hall–Kier alpha value is -2.17. The van der Waals surface area contributed by atoms with Gasteiger partial charge in [-0.2, -0.15) is 0 Å². The summed E-state index contributed by atoms with van der Waals surface area (Å²) in [6.45, 7) is 4.75. The van der Waals surface area contributed by atoms with Crippen molar-refractivity contribution >= 4 is 22.8 Å². The van der Waals surface area contributed by atoms with Gasteiger partial charge in [-0.3, -0.25) is 9.78 Å². The summed E-state index contributed by atoms with van der Waals surface area (Å²) in [5, 5.41) is 0. The molecule has 0 radical (unpaired) electrons. The third kappa shape index (κ3) is 2.36. The number of nitrogens with zero attached hydrogens (tertiary/aromatic N) is 4. The van der Waals surface area contributed by atoms with Crippen LogP contribution in [0.15, 0.2) is 30.5 Å². The van der Waals surface area contributed by atoms with Gasteiger partial charge in [0, 0.05) is 33.1 Å². The first kappa shape index (κ1) is 11.9. The highest BCUT2D eigenvalue weighted by Crippen LogP contribution is 2.16. The van der Waals surface area contributed by atoms with Crippen molar-refractivity contribution in [1.29, 1.82) is 0 Å². The molecule has 1 fully saturated rings. The molecule has 0 saturated carbocycles. The highest BCUT2D eigenvalue weighted by molar-refractivity contribution is 5.75. The number of piperazine rings is 1. The standard InChI is InChI=1S/C14H16N4O/c1-11(19)17-6-8-18(9-7-17)14-10-15-12-4-2-3-5-13(12)16-14/h2-5,10H,6-9H2,1H3. The van der Waals surface area contributed by atoms with Crippen molar-refractivity contribution in [2.24, 2.45) is 0 Å². The number of rotatable bonds is 1. The van der Waals surface area contributed by atoms with E-state index < -0.39 is 0 Å². The van der Waals surface area contributed by atoms with Crippen LogP contribution in [0.4, 0.5) is 5.82 Å². The molecular weight excluding hydrogens is 240 g/mol. The van der Waals surface area contributed by atoms with Crippen molar-refractivity contribution in [2.75, 3.05) is 31.1 Å². The highest BCUT2D eigenvalue weighted by Gasteiger charge is 2.19. The van der Waals surface area contributed by atoms with E-state index in [0.29, 0.717) is 0 Å². The van der Waals surface area contributed by atoms with Crippen LogP contribution < -0.4 is 4.90 Å². The Bertz CT molecular complexity index is 605. The van der Waals surface area contributed by atoms with Crippen LogP contribution in [0.3, 0.4) is 0 Å². The predicted molar refractivity (Wildman–Crippen MR) is 74.0 cm³/mol. The molecule has 0 aliphatic carbocycles. The number of hydrogen-bond acceptors (Lipinski definition) is 4. The number of fused-ring (bicyclic) bond motifs is 1. The predicted octanol–water partition coefficient (Wildman–Crippen LogP) is 1.30. The summed E-state index contributed by atoms with van der Waals surface area (Å²) < 4.78 is 0. The van der Waals surface area contributed by atoms with Crippen molar-refractivity contribution in [3.8, 4) is 0 Å². The van der Waals surface area contributed by atoms with Crippen LogP contribution in [0.25, 0.3) is 11.0 Å². The molecule has 0 bridgehead atoms. The molecule has 5 nitrogen and oxygen atoms in total. The summed E-state index contributed by atoms with van der Waals surface area (Å²) >= 11 is 0. The van der Waals surface area contributed by atoms with Crippen LogP contribution >= 0.6 is 0 Å². The average Bonchev–Trinajstić information content (AvgIpc) is 2.47. The van der Waals surface area contributed by atoms with Crippen molar-refractivity contribution in [1.82, 2.24) is 14.9 Å². The minimum atomic E-state index is 0.143. The molecule has 0 atom stereocenters. The molecule has 0 spiro atoms. The number of amides is 1. The van der Waals surface area contributed by atoms with E-state index in [4.69, 9.17) is 0 Å². The van der Waals surface area contributed by atoms with Gasteiger partial charge in [0.1, 0.15) is 5.82 Å². The number of carbonyl (C=O) groups is 1. The molecule has 1 amide bonds. The molecule has 0 N–H and O–H groups in total. The van der Waals surface area contributed by atoms with E-state index in [2.05, 4.69) is 14.9 Å². The molecule has 0 unspecified atom stereocenters. The third-order valence-corrected chi connectivity index (χ3v) is 3.48. The normalized spacial score (nSPS) is 15.8. The lowest BCUT2D eigenvalue weighted by Crippen LogP contribution is -2.48. The van der Waals surface area contributed by atoms with Crippen LogP contribution in [0.5, 0.6) is 0 Å². The molecule has 1 aliphatic rings. The summed E-state index contributed by atoms with van der Waals surface area (Å²) in [4.78, 5) is 24.4. The quantitative estimate of drug-likeness (QED) is 0.771. The van der Waals surface area contributed by atoms with Crippen molar-refractivity contribution in [3.05, 3.63) is 30.5 Å².